The van der Waals surface area contributed by atoms with Crippen LogP contribution >= 0.6 is 0 Å². The number of carbonyl (C=O) groups excluding carboxylic acids is 5. The zero-order chi connectivity index (χ0) is 30.4. The number of ketones is 1. The van der Waals surface area contributed by atoms with E-state index in [1.807, 2.05) is 51.1 Å². The summed E-state index contributed by atoms with van der Waals surface area (Å²) in [5.41, 5.74) is 6.91. The van der Waals surface area contributed by atoms with Crippen LogP contribution in [0.4, 0.5) is 4.79 Å². The molecule has 0 aliphatic heterocycles. The Morgan fingerprint density at radius 2 is 1.56 bits per heavy atom. The highest BCUT2D eigenvalue weighted by atomic mass is 16.5. The maximum absolute atomic E-state index is 13.4. The van der Waals surface area contributed by atoms with Crippen molar-refractivity contribution in [2.45, 2.75) is 78.1 Å². The monoisotopic (exact) mass is 567 g/mol. The number of nitrogens with two attached hydrogens (primary N) is 1. The van der Waals surface area contributed by atoms with Gasteiger partial charge in [0.1, 0.15) is 18.7 Å². The van der Waals surface area contributed by atoms with Gasteiger partial charge >= 0.3 is 6.09 Å². The molecule has 222 valence electrons. The lowest BCUT2D eigenvalue weighted by atomic mass is 9.93. The number of hydrogen-bond acceptors (Lipinski definition) is 7. The second-order valence-electron chi connectivity index (χ2n) is 10.2. The Morgan fingerprint density at radius 1 is 0.878 bits per heavy atom. The van der Waals surface area contributed by atoms with E-state index in [4.69, 9.17) is 10.5 Å². The van der Waals surface area contributed by atoms with E-state index in [0.717, 1.165) is 12.0 Å². The number of rotatable bonds is 16. The van der Waals surface area contributed by atoms with Gasteiger partial charge in [0, 0.05) is 18.8 Å². The normalized spacial score (nSPS) is 14.4. The van der Waals surface area contributed by atoms with Crippen LogP contribution in [0.15, 0.2) is 54.9 Å². The first-order valence-corrected chi connectivity index (χ1v) is 13.9. The molecule has 0 saturated heterocycles. The van der Waals surface area contributed by atoms with Gasteiger partial charge in [0.2, 0.25) is 17.6 Å². The maximum atomic E-state index is 13.4. The van der Waals surface area contributed by atoms with E-state index < -0.39 is 53.6 Å². The SMILES string of the molecule is CCC(C)CC(NC(=O)OCc1ccccc1)C(=O)NC(C(=O)C(=O)NC(Cc1cccnc1)C(N)=O)C(C)CC. The third-order valence-corrected chi connectivity index (χ3v) is 6.98. The zero-order valence-electron chi connectivity index (χ0n) is 24.1. The molecular formula is C30H41N5O6. The molecule has 2 aromatic rings. The van der Waals surface area contributed by atoms with Crippen LogP contribution in [-0.4, -0.2) is 52.7 Å². The van der Waals surface area contributed by atoms with Crippen LogP contribution in [0, 0.1) is 11.8 Å². The summed E-state index contributed by atoms with van der Waals surface area (Å²) in [4.78, 5) is 68.2. The predicted molar refractivity (Wildman–Crippen MR) is 153 cm³/mol. The highest BCUT2D eigenvalue weighted by Gasteiger charge is 2.35. The van der Waals surface area contributed by atoms with E-state index in [0.29, 0.717) is 18.4 Å². The molecule has 1 aromatic heterocycles. The lowest BCUT2D eigenvalue weighted by molar-refractivity contribution is -0.142. The summed E-state index contributed by atoms with van der Waals surface area (Å²) in [6.07, 6.45) is 3.90. The van der Waals surface area contributed by atoms with Gasteiger partial charge in [-0.2, -0.15) is 0 Å². The molecule has 0 radical (unpaired) electrons. The number of primary amides is 1. The van der Waals surface area contributed by atoms with Gasteiger partial charge < -0.3 is 26.4 Å². The van der Waals surface area contributed by atoms with E-state index in [1.54, 1.807) is 25.3 Å². The van der Waals surface area contributed by atoms with Gasteiger partial charge in [-0.15, -0.1) is 0 Å². The van der Waals surface area contributed by atoms with Crippen molar-refractivity contribution in [2.24, 2.45) is 17.6 Å². The Kier molecular flexibility index (Phi) is 13.4. The van der Waals surface area contributed by atoms with Crippen molar-refractivity contribution in [3.05, 3.63) is 66.0 Å². The summed E-state index contributed by atoms with van der Waals surface area (Å²) in [5.74, 6) is -3.74. The quantitative estimate of drug-likeness (QED) is 0.226. The van der Waals surface area contributed by atoms with Crippen molar-refractivity contribution in [1.29, 1.82) is 0 Å². The summed E-state index contributed by atoms with van der Waals surface area (Å²) in [6.45, 7) is 7.47. The van der Waals surface area contributed by atoms with Crippen molar-refractivity contribution in [2.75, 3.05) is 0 Å². The number of hydrogen-bond donors (Lipinski definition) is 4. The number of ether oxygens (including phenoxy) is 1. The second-order valence-corrected chi connectivity index (χ2v) is 10.2. The molecule has 0 fully saturated rings. The molecule has 1 heterocycles. The number of amides is 4. The number of carbonyl (C=O) groups is 5. The van der Waals surface area contributed by atoms with Crippen molar-refractivity contribution in [3.63, 3.8) is 0 Å². The third kappa shape index (κ3) is 11.0. The van der Waals surface area contributed by atoms with Crippen LogP contribution in [0.1, 0.15) is 58.1 Å². The summed E-state index contributed by atoms with van der Waals surface area (Å²) in [5, 5.41) is 7.67. The Balaban J connectivity index is 2.13. The van der Waals surface area contributed by atoms with Crippen LogP contribution in [0.25, 0.3) is 0 Å². The van der Waals surface area contributed by atoms with E-state index in [2.05, 4.69) is 20.9 Å². The molecule has 5 unspecified atom stereocenters. The molecule has 2 rings (SSSR count). The molecule has 1 aromatic carbocycles. The fourth-order valence-electron chi connectivity index (χ4n) is 4.01. The van der Waals surface area contributed by atoms with Gasteiger partial charge in [-0.25, -0.2) is 4.79 Å². The fraction of sp³-hybridized carbons (Fsp3) is 0.467. The first-order valence-electron chi connectivity index (χ1n) is 13.9. The van der Waals surface area contributed by atoms with Crippen molar-refractivity contribution >= 4 is 29.6 Å². The molecule has 4 amide bonds. The minimum Gasteiger partial charge on any atom is -0.445 e. The molecule has 0 spiro atoms. The van der Waals surface area contributed by atoms with E-state index in [-0.39, 0.29) is 18.9 Å². The fourth-order valence-corrected chi connectivity index (χ4v) is 4.01. The first kappa shape index (κ1) is 32.9. The van der Waals surface area contributed by atoms with Crippen LogP contribution in [0.3, 0.4) is 0 Å². The topological polar surface area (TPSA) is 170 Å². The average Bonchev–Trinajstić information content (AvgIpc) is 2.98. The van der Waals surface area contributed by atoms with Crippen LogP contribution < -0.4 is 21.7 Å². The number of nitrogens with one attached hydrogen (secondary N) is 3. The Morgan fingerprint density at radius 3 is 2.15 bits per heavy atom. The number of nitrogens with zero attached hydrogens (tertiary/aromatic N) is 1. The average molecular weight is 568 g/mol. The van der Waals surface area contributed by atoms with Gasteiger partial charge in [0.15, 0.2) is 0 Å². The summed E-state index contributed by atoms with van der Waals surface area (Å²) in [6, 6.07) is 9.16. The number of pyridine rings is 1. The molecule has 11 heteroatoms. The lowest BCUT2D eigenvalue weighted by Gasteiger charge is -2.27. The van der Waals surface area contributed by atoms with E-state index >= 15 is 0 Å². The lowest BCUT2D eigenvalue weighted by Crippen LogP contribution is -2.57. The number of aromatic nitrogens is 1. The van der Waals surface area contributed by atoms with Crippen molar-refractivity contribution < 1.29 is 28.7 Å². The molecule has 11 nitrogen and oxygen atoms in total. The third-order valence-electron chi connectivity index (χ3n) is 6.98. The van der Waals surface area contributed by atoms with Crippen LogP contribution in [0.2, 0.25) is 0 Å². The zero-order valence-corrected chi connectivity index (χ0v) is 24.1. The smallest absolute Gasteiger partial charge is 0.408 e. The van der Waals surface area contributed by atoms with Crippen LogP contribution in [-0.2, 0) is 36.9 Å². The second kappa shape index (κ2) is 16.7. The Bertz CT molecular complexity index is 1160. The van der Waals surface area contributed by atoms with Crippen molar-refractivity contribution in [1.82, 2.24) is 20.9 Å². The highest BCUT2D eigenvalue weighted by molar-refractivity contribution is 6.38. The molecule has 5 N–H and O–H groups in total. The predicted octanol–water partition coefficient (Wildman–Crippen LogP) is 2.43. The van der Waals surface area contributed by atoms with Gasteiger partial charge in [0.25, 0.3) is 5.91 Å². The molecule has 0 bridgehead atoms. The van der Waals surface area contributed by atoms with Gasteiger partial charge in [-0.1, -0.05) is 76.9 Å². The molecule has 5 atom stereocenters. The van der Waals surface area contributed by atoms with Gasteiger partial charge in [-0.05, 0) is 35.4 Å². The molecule has 41 heavy (non-hydrogen) atoms. The molecule has 0 aliphatic rings. The number of benzene rings is 1. The highest BCUT2D eigenvalue weighted by Crippen LogP contribution is 2.14. The number of alkyl carbamates (subject to hydrolysis) is 1. The first-order chi connectivity index (χ1) is 19.5. The minimum absolute atomic E-state index is 0.0264. The summed E-state index contributed by atoms with van der Waals surface area (Å²) >= 11 is 0. The van der Waals surface area contributed by atoms with Gasteiger partial charge in [0.05, 0.1) is 6.04 Å². The maximum Gasteiger partial charge on any atom is 0.408 e. The van der Waals surface area contributed by atoms with Crippen LogP contribution in [0.5, 0.6) is 0 Å². The Hall–Kier alpha value is -4.28. The molecule has 0 saturated carbocycles. The van der Waals surface area contributed by atoms with E-state index in [1.165, 1.54) is 6.20 Å². The Labute approximate surface area is 241 Å². The van der Waals surface area contributed by atoms with Crippen molar-refractivity contribution in [3.8, 4) is 0 Å². The molecular weight excluding hydrogens is 526 g/mol. The van der Waals surface area contributed by atoms with Gasteiger partial charge in [-0.3, -0.25) is 24.2 Å². The minimum atomic E-state index is -1.19. The molecule has 0 aliphatic carbocycles. The van der Waals surface area contributed by atoms with E-state index in [9.17, 15) is 24.0 Å². The standard InChI is InChI=1S/C30H41N5O6/c1-5-19(3)15-24(34-30(40)41-18-21-11-8-7-9-12-21)28(38)35-25(20(4)6-2)26(36)29(39)33-23(27(31)37)16-22-13-10-14-32-17-22/h7-14,17,19-20,23-25H,5-6,15-16,18H2,1-4H3,(H2,31,37)(H,33,39)(H,34,40)(H,35,38). The summed E-state index contributed by atoms with van der Waals surface area (Å²) < 4.78 is 5.29. The largest absolute Gasteiger partial charge is 0.445 e. The number of Topliss-reactive ketones (excluding diaryl/α,β-unsaturated/α-hetero) is 1. The summed E-state index contributed by atoms with van der Waals surface area (Å²) in [7, 11) is 0.